The van der Waals surface area contributed by atoms with Crippen LogP contribution in [0, 0.1) is 0 Å². The van der Waals surface area contributed by atoms with Gasteiger partial charge in [-0.1, -0.05) is 29.8 Å². The highest BCUT2D eigenvalue weighted by atomic mass is 79.9. The number of benzene rings is 1. The van der Waals surface area contributed by atoms with E-state index in [0.717, 1.165) is 25.6 Å². The van der Waals surface area contributed by atoms with Crippen LogP contribution in [0.5, 0.6) is 0 Å². The van der Waals surface area contributed by atoms with Crippen molar-refractivity contribution < 1.29 is 13.2 Å². The maximum absolute atomic E-state index is 12.8. The highest BCUT2D eigenvalue weighted by Gasteiger charge is 2.32. The van der Waals surface area contributed by atoms with Gasteiger partial charge < -0.3 is 10.2 Å². The molecule has 0 amide bonds. The Balaban J connectivity index is 2.16. The minimum absolute atomic E-state index is 0.336. The summed E-state index contributed by atoms with van der Waals surface area (Å²) in [7, 11) is 0. The molecule has 1 atom stereocenters. The molecule has 1 aromatic rings. The number of rotatable bonds is 3. The van der Waals surface area contributed by atoms with E-state index >= 15 is 0 Å². The van der Waals surface area contributed by atoms with Crippen LogP contribution in [-0.4, -0.2) is 25.2 Å². The molecule has 1 heterocycles. The average Bonchev–Trinajstić information content (AvgIpc) is 2.74. The van der Waals surface area contributed by atoms with Crippen LogP contribution in [0.3, 0.4) is 0 Å². The van der Waals surface area contributed by atoms with Crippen molar-refractivity contribution in [2.24, 2.45) is 0 Å². The third-order valence-corrected chi connectivity index (χ3v) is 3.79. The molecule has 1 aliphatic rings. The van der Waals surface area contributed by atoms with E-state index in [1.165, 1.54) is 6.07 Å². The van der Waals surface area contributed by atoms with Gasteiger partial charge in [0.05, 0.1) is 5.56 Å². The first-order chi connectivity index (χ1) is 9.25. The number of anilines is 1. The van der Waals surface area contributed by atoms with Crippen molar-refractivity contribution in [3.63, 3.8) is 0 Å². The normalized spacial score (nSPS) is 19.9. The van der Waals surface area contributed by atoms with Crippen LogP contribution in [0.4, 0.5) is 18.9 Å². The number of hydrogen-bond acceptors (Lipinski definition) is 2. The molecule has 1 saturated heterocycles. The Morgan fingerprint density at radius 3 is 2.60 bits per heavy atom. The van der Waals surface area contributed by atoms with Gasteiger partial charge in [-0.25, -0.2) is 0 Å². The largest absolute Gasteiger partial charge is 0.416 e. The smallest absolute Gasteiger partial charge is 0.370 e. The molecule has 0 radical (unpaired) electrons. The lowest BCUT2D eigenvalue weighted by molar-refractivity contribution is -0.137. The fourth-order valence-electron chi connectivity index (χ4n) is 2.52. The molecular weight excluding hydrogens is 333 g/mol. The summed E-state index contributed by atoms with van der Waals surface area (Å²) in [6.07, 6.45) is -3.36. The van der Waals surface area contributed by atoms with Crippen LogP contribution in [0.2, 0.25) is 0 Å². The summed E-state index contributed by atoms with van der Waals surface area (Å²) in [5, 5.41) is 3.43. The standard InChI is InChI=1S/C14H18BrF3N2/c1-9(2)19-12-3-4-20(8-12)13-6-10(14(16,17)18)5-11(15)7-13/h5-7,9,12,19H,3-4,8H2,1-2H3. The predicted octanol–water partition coefficient (Wildman–Crippen LogP) is 4.04. The molecule has 112 valence electrons. The van der Waals surface area contributed by atoms with Crippen LogP contribution in [-0.2, 0) is 6.18 Å². The third-order valence-electron chi connectivity index (χ3n) is 3.33. The molecule has 0 aromatic heterocycles. The van der Waals surface area contributed by atoms with Crippen LogP contribution in [0.25, 0.3) is 0 Å². The molecule has 2 rings (SSSR count). The van der Waals surface area contributed by atoms with Crippen molar-refractivity contribution in [2.75, 3.05) is 18.0 Å². The second-order valence-corrected chi connectivity index (χ2v) is 6.36. The average molecular weight is 351 g/mol. The summed E-state index contributed by atoms with van der Waals surface area (Å²) >= 11 is 3.17. The second kappa shape index (κ2) is 5.93. The maximum Gasteiger partial charge on any atom is 0.416 e. The van der Waals surface area contributed by atoms with Gasteiger partial charge in [-0.05, 0) is 24.6 Å². The molecule has 0 bridgehead atoms. The zero-order valence-electron chi connectivity index (χ0n) is 11.5. The van der Waals surface area contributed by atoms with Gasteiger partial charge in [-0.2, -0.15) is 13.2 Å². The fourth-order valence-corrected chi connectivity index (χ4v) is 3.00. The summed E-state index contributed by atoms with van der Waals surface area (Å²) in [4.78, 5) is 2.00. The molecule has 0 aliphatic carbocycles. The number of halogens is 4. The zero-order valence-corrected chi connectivity index (χ0v) is 13.1. The van der Waals surface area contributed by atoms with Crippen LogP contribution < -0.4 is 10.2 Å². The Bertz CT molecular complexity index is 474. The Hall–Kier alpha value is -0.750. The number of nitrogens with one attached hydrogen (secondary N) is 1. The fraction of sp³-hybridized carbons (Fsp3) is 0.571. The molecule has 20 heavy (non-hydrogen) atoms. The summed E-state index contributed by atoms with van der Waals surface area (Å²) in [6, 6.07) is 4.80. The topological polar surface area (TPSA) is 15.3 Å². The lowest BCUT2D eigenvalue weighted by atomic mass is 10.2. The van der Waals surface area contributed by atoms with Gasteiger partial charge in [0.15, 0.2) is 0 Å². The number of hydrogen-bond donors (Lipinski definition) is 1. The Morgan fingerprint density at radius 2 is 2.00 bits per heavy atom. The monoisotopic (exact) mass is 350 g/mol. The van der Waals surface area contributed by atoms with Crippen LogP contribution in [0.1, 0.15) is 25.8 Å². The minimum Gasteiger partial charge on any atom is -0.370 e. The van der Waals surface area contributed by atoms with E-state index in [1.807, 2.05) is 4.90 Å². The van der Waals surface area contributed by atoms with Crippen LogP contribution in [0.15, 0.2) is 22.7 Å². The minimum atomic E-state index is -4.31. The Morgan fingerprint density at radius 1 is 1.30 bits per heavy atom. The quantitative estimate of drug-likeness (QED) is 0.884. The number of alkyl halides is 3. The summed E-state index contributed by atoms with van der Waals surface area (Å²) in [6.45, 7) is 5.66. The van der Waals surface area contributed by atoms with Crippen molar-refractivity contribution in [3.8, 4) is 0 Å². The summed E-state index contributed by atoms with van der Waals surface area (Å²) in [5.41, 5.74) is 0.0156. The molecule has 1 N–H and O–H groups in total. The first-order valence-electron chi connectivity index (χ1n) is 6.64. The molecule has 1 unspecified atom stereocenters. The molecule has 6 heteroatoms. The molecule has 1 fully saturated rings. The Kier molecular flexibility index (Phi) is 4.64. The van der Waals surface area contributed by atoms with Gasteiger partial charge in [-0.3, -0.25) is 0 Å². The van der Waals surface area contributed by atoms with Crippen molar-refractivity contribution in [2.45, 2.75) is 38.5 Å². The molecule has 1 aromatic carbocycles. The van der Waals surface area contributed by atoms with Gasteiger partial charge in [0.1, 0.15) is 0 Å². The van der Waals surface area contributed by atoms with Crippen molar-refractivity contribution in [1.29, 1.82) is 0 Å². The van der Waals surface area contributed by atoms with Crippen molar-refractivity contribution in [1.82, 2.24) is 5.32 Å². The maximum atomic E-state index is 12.8. The molecule has 0 saturated carbocycles. The molecule has 1 aliphatic heterocycles. The van der Waals surface area contributed by atoms with Crippen LogP contribution >= 0.6 is 15.9 Å². The van der Waals surface area contributed by atoms with E-state index in [9.17, 15) is 13.2 Å². The van der Waals surface area contributed by atoms with Gasteiger partial charge in [-0.15, -0.1) is 0 Å². The SMILES string of the molecule is CC(C)NC1CCN(c2cc(Br)cc(C(F)(F)F)c2)C1. The number of nitrogens with zero attached hydrogens (tertiary/aromatic N) is 1. The third kappa shape index (κ3) is 3.88. The van der Waals surface area contributed by atoms with E-state index in [4.69, 9.17) is 0 Å². The van der Waals surface area contributed by atoms with E-state index in [1.54, 1.807) is 6.07 Å². The molecule has 2 nitrogen and oxygen atoms in total. The first-order valence-corrected chi connectivity index (χ1v) is 7.44. The zero-order chi connectivity index (χ0) is 14.9. The Labute approximate surface area is 125 Å². The van der Waals surface area contributed by atoms with Gasteiger partial charge in [0, 0.05) is 35.3 Å². The lowest BCUT2D eigenvalue weighted by Crippen LogP contribution is -2.37. The van der Waals surface area contributed by atoms with Crippen molar-refractivity contribution in [3.05, 3.63) is 28.2 Å². The highest BCUT2D eigenvalue weighted by Crippen LogP contribution is 2.35. The van der Waals surface area contributed by atoms with Crippen molar-refractivity contribution >= 4 is 21.6 Å². The second-order valence-electron chi connectivity index (χ2n) is 5.45. The van der Waals surface area contributed by atoms with Gasteiger partial charge in [0.25, 0.3) is 0 Å². The molecule has 0 spiro atoms. The summed E-state index contributed by atoms with van der Waals surface area (Å²) < 4.78 is 39.0. The van der Waals surface area contributed by atoms with E-state index < -0.39 is 11.7 Å². The summed E-state index contributed by atoms with van der Waals surface area (Å²) in [5.74, 6) is 0. The van der Waals surface area contributed by atoms with E-state index in [-0.39, 0.29) is 0 Å². The predicted molar refractivity (Wildman–Crippen MR) is 78.0 cm³/mol. The van der Waals surface area contributed by atoms with Gasteiger partial charge in [0.2, 0.25) is 0 Å². The molecular formula is C14H18BrF3N2. The lowest BCUT2D eigenvalue weighted by Gasteiger charge is -2.21. The van der Waals surface area contributed by atoms with Gasteiger partial charge >= 0.3 is 6.18 Å². The van der Waals surface area contributed by atoms with E-state index in [2.05, 4.69) is 35.1 Å². The van der Waals surface area contributed by atoms with E-state index in [0.29, 0.717) is 22.2 Å². The first kappa shape index (κ1) is 15.6. The highest BCUT2D eigenvalue weighted by molar-refractivity contribution is 9.10.